The highest BCUT2D eigenvalue weighted by atomic mass is 32.2. The summed E-state index contributed by atoms with van der Waals surface area (Å²) in [4.78, 5) is 0.285. The zero-order chi connectivity index (χ0) is 15.0. The second-order valence-electron chi connectivity index (χ2n) is 6.02. The summed E-state index contributed by atoms with van der Waals surface area (Å²) in [7, 11) is -3.53. The van der Waals surface area contributed by atoms with Crippen LogP contribution in [0.1, 0.15) is 33.1 Å². The van der Waals surface area contributed by atoms with Crippen molar-refractivity contribution >= 4 is 9.84 Å². The molecule has 20 heavy (non-hydrogen) atoms. The SMILES string of the molecule is C=C(C)C1CCC(C)(O)C(S(=O)(=O)c2ccccc2)C1. The van der Waals surface area contributed by atoms with Crippen LogP contribution in [0.4, 0.5) is 0 Å². The van der Waals surface area contributed by atoms with E-state index in [1.807, 2.05) is 6.92 Å². The molecule has 0 amide bonds. The predicted octanol–water partition coefficient (Wildman–Crippen LogP) is 2.96. The van der Waals surface area contributed by atoms with Gasteiger partial charge in [-0.25, -0.2) is 8.42 Å². The van der Waals surface area contributed by atoms with E-state index in [1.165, 1.54) is 0 Å². The maximum Gasteiger partial charge on any atom is 0.184 e. The maximum atomic E-state index is 12.8. The zero-order valence-electron chi connectivity index (χ0n) is 12.0. The number of benzene rings is 1. The van der Waals surface area contributed by atoms with E-state index >= 15 is 0 Å². The summed E-state index contributed by atoms with van der Waals surface area (Å²) in [5.74, 6) is 0.165. The first-order valence-corrected chi connectivity index (χ1v) is 8.46. The molecule has 110 valence electrons. The van der Waals surface area contributed by atoms with Gasteiger partial charge in [0.2, 0.25) is 0 Å². The summed E-state index contributed by atoms with van der Waals surface area (Å²) in [6.45, 7) is 7.50. The minimum absolute atomic E-state index is 0.165. The van der Waals surface area contributed by atoms with Gasteiger partial charge in [0.25, 0.3) is 0 Å². The van der Waals surface area contributed by atoms with Crippen LogP contribution in [0.25, 0.3) is 0 Å². The van der Waals surface area contributed by atoms with Gasteiger partial charge in [0.05, 0.1) is 15.7 Å². The smallest absolute Gasteiger partial charge is 0.184 e. The van der Waals surface area contributed by atoms with Crippen molar-refractivity contribution in [3.8, 4) is 0 Å². The van der Waals surface area contributed by atoms with Crippen LogP contribution in [0, 0.1) is 5.92 Å². The van der Waals surface area contributed by atoms with E-state index in [0.717, 1.165) is 12.0 Å². The van der Waals surface area contributed by atoms with Crippen molar-refractivity contribution in [3.63, 3.8) is 0 Å². The second-order valence-corrected chi connectivity index (χ2v) is 8.15. The number of rotatable bonds is 3. The third-order valence-electron chi connectivity index (χ3n) is 4.33. The molecule has 1 aromatic rings. The predicted molar refractivity (Wildman–Crippen MR) is 80.2 cm³/mol. The first kappa shape index (κ1) is 15.3. The molecule has 4 heteroatoms. The van der Waals surface area contributed by atoms with Crippen molar-refractivity contribution in [2.75, 3.05) is 0 Å². The molecule has 1 aromatic carbocycles. The molecule has 0 saturated heterocycles. The van der Waals surface area contributed by atoms with Crippen LogP contribution >= 0.6 is 0 Å². The van der Waals surface area contributed by atoms with Gasteiger partial charge < -0.3 is 5.11 Å². The van der Waals surface area contributed by atoms with Gasteiger partial charge in [-0.3, -0.25) is 0 Å². The maximum absolute atomic E-state index is 12.8. The van der Waals surface area contributed by atoms with Crippen LogP contribution in [0.2, 0.25) is 0 Å². The Morgan fingerprint density at radius 1 is 1.35 bits per heavy atom. The van der Waals surface area contributed by atoms with Crippen LogP contribution in [0.5, 0.6) is 0 Å². The van der Waals surface area contributed by atoms with Gasteiger partial charge in [0.15, 0.2) is 9.84 Å². The summed E-state index contributed by atoms with van der Waals surface area (Å²) in [6.07, 6.45) is 1.73. The Kier molecular flexibility index (Phi) is 4.07. The first-order chi connectivity index (χ1) is 9.25. The van der Waals surface area contributed by atoms with Gasteiger partial charge in [-0.1, -0.05) is 30.4 Å². The normalized spacial score (nSPS) is 30.9. The Bertz CT molecular complexity index is 587. The monoisotopic (exact) mass is 294 g/mol. The Balaban J connectivity index is 2.39. The molecular weight excluding hydrogens is 272 g/mol. The molecule has 1 N–H and O–H groups in total. The highest BCUT2D eigenvalue weighted by Gasteiger charge is 2.46. The molecule has 0 heterocycles. The molecule has 0 aromatic heterocycles. The van der Waals surface area contributed by atoms with Gasteiger partial charge >= 0.3 is 0 Å². The van der Waals surface area contributed by atoms with Crippen molar-refractivity contribution in [3.05, 3.63) is 42.5 Å². The molecule has 3 unspecified atom stereocenters. The molecule has 2 rings (SSSR count). The molecule has 3 nitrogen and oxygen atoms in total. The molecule has 0 bridgehead atoms. The van der Waals surface area contributed by atoms with Crippen molar-refractivity contribution in [1.82, 2.24) is 0 Å². The Labute approximate surface area is 121 Å². The molecule has 1 aliphatic rings. The van der Waals surface area contributed by atoms with E-state index < -0.39 is 20.7 Å². The van der Waals surface area contributed by atoms with Gasteiger partial charge in [-0.15, -0.1) is 0 Å². The molecule has 1 fully saturated rings. The third-order valence-corrected chi connectivity index (χ3v) is 6.71. The van der Waals surface area contributed by atoms with Crippen LogP contribution in [-0.4, -0.2) is 24.4 Å². The minimum atomic E-state index is -3.53. The minimum Gasteiger partial charge on any atom is -0.389 e. The zero-order valence-corrected chi connectivity index (χ0v) is 12.9. The fraction of sp³-hybridized carbons (Fsp3) is 0.500. The van der Waals surface area contributed by atoms with Crippen LogP contribution in [-0.2, 0) is 9.84 Å². The van der Waals surface area contributed by atoms with E-state index in [0.29, 0.717) is 12.8 Å². The highest BCUT2D eigenvalue weighted by molar-refractivity contribution is 7.92. The van der Waals surface area contributed by atoms with Crippen molar-refractivity contribution in [1.29, 1.82) is 0 Å². The quantitative estimate of drug-likeness (QED) is 0.872. The standard InChI is InChI=1S/C16H22O3S/c1-12(2)13-9-10-16(3,17)15(11-13)20(18,19)14-7-5-4-6-8-14/h4-8,13,15,17H,1,9-11H2,2-3H3. The topological polar surface area (TPSA) is 54.4 Å². The lowest BCUT2D eigenvalue weighted by atomic mass is 9.77. The number of allylic oxidation sites excluding steroid dienone is 1. The van der Waals surface area contributed by atoms with E-state index in [2.05, 4.69) is 6.58 Å². The van der Waals surface area contributed by atoms with Crippen molar-refractivity contribution in [2.45, 2.75) is 48.9 Å². The lowest BCUT2D eigenvalue weighted by Gasteiger charge is -2.40. The number of hydrogen-bond donors (Lipinski definition) is 1. The molecule has 1 aliphatic carbocycles. The molecule has 0 aliphatic heterocycles. The Hall–Kier alpha value is -1.13. The van der Waals surface area contributed by atoms with Gasteiger partial charge in [0.1, 0.15) is 0 Å². The van der Waals surface area contributed by atoms with E-state index in [9.17, 15) is 13.5 Å². The van der Waals surface area contributed by atoms with Gasteiger partial charge in [-0.05, 0) is 51.2 Å². The number of sulfone groups is 1. The summed E-state index contributed by atoms with van der Waals surface area (Å²) < 4.78 is 25.6. The Morgan fingerprint density at radius 3 is 2.50 bits per heavy atom. The summed E-state index contributed by atoms with van der Waals surface area (Å²) >= 11 is 0. The highest BCUT2D eigenvalue weighted by Crippen LogP contribution is 2.40. The lowest BCUT2D eigenvalue weighted by Crippen LogP contribution is -2.49. The fourth-order valence-electron chi connectivity index (χ4n) is 2.94. The molecule has 3 atom stereocenters. The molecule has 0 radical (unpaired) electrons. The fourth-order valence-corrected chi connectivity index (χ4v) is 5.08. The summed E-state index contributed by atoms with van der Waals surface area (Å²) in [6, 6.07) is 8.39. The second kappa shape index (κ2) is 5.34. The van der Waals surface area contributed by atoms with Crippen LogP contribution < -0.4 is 0 Å². The molecular formula is C16H22O3S. The van der Waals surface area contributed by atoms with Crippen molar-refractivity contribution < 1.29 is 13.5 Å². The summed E-state index contributed by atoms with van der Waals surface area (Å²) in [5, 5.41) is 9.75. The summed E-state index contributed by atoms with van der Waals surface area (Å²) in [5.41, 5.74) is -0.186. The number of hydrogen-bond acceptors (Lipinski definition) is 3. The van der Waals surface area contributed by atoms with Crippen molar-refractivity contribution in [2.24, 2.45) is 5.92 Å². The van der Waals surface area contributed by atoms with E-state index in [1.54, 1.807) is 37.3 Å². The first-order valence-electron chi connectivity index (χ1n) is 6.92. The van der Waals surface area contributed by atoms with Crippen LogP contribution in [0.15, 0.2) is 47.4 Å². The largest absolute Gasteiger partial charge is 0.389 e. The van der Waals surface area contributed by atoms with E-state index in [4.69, 9.17) is 0 Å². The average molecular weight is 294 g/mol. The molecule has 0 spiro atoms. The third kappa shape index (κ3) is 2.81. The Morgan fingerprint density at radius 2 is 1.95 bits per heavy atom. The van der Waals surface area contributed by atoms with Gasteiger partial charge in [-0.2, -0.15) is 0 Å². The van der Waals surface area contributed by atoms with Gasteiger partial charge in [0, 0.05) is 0 Å². The lowest BCUT2D eigenvalue weighted by molar-refractivity contribution is 0.0166. The van der Waals surface area contributed by atoms with Crippen LogP contribution in [0.3, 0.4) is 0 Å². The van der Waals surface area contributed by atoms with E-state index in [-0.39, 0.29) is 10.8 Å². The molecule has 1 saturated carbocycles. The average Bonchev–Trinajstić information content (AvgIpc) is 2.38. The number of aliphatic hydroxyl groups is 1.